The molecule has 38 heavy (non-hydrogen) atoms. The zero-order valence-corrected chi connectivity index (χ0v) is 22.1. The van der Waals surface area contributed by atoms with E-state index in [1.807, 2.05) is 13.0 Å². The maximum Gasteiger partial charge on any atom is 0.295 e. The molecule has 0 aliphatic carbocycles. The van der Waals surface area contributed by atoms with Crippen LogP contribution in [0.4, 0.5) is 0 Å². The zero-order chi connectivity index (χ0) is 26.8. The van der Waals surface area contributed by atoms with E-state index in [1.165, 1.54) is 7.11 Å². The Morgan fingerprint density at radius 2 is 1.79 bits per heavy atom. The molecule has 2 aromatic rings. The van der Waals surface area contributed by atoms with Crippen molar-refractivity contribution >= 4 is 17.4 Å². The number of aliphatic hydroxyl groups excluding tert-OH is 1. The molecule has 2 saturated heterocycles. The summed E-state index contributed by atoms with van der Waals surface area (Å²) in [6.07, 6.45) is 1.45. The van der Waals surface area contributed by atoms with E-state index in [2.05, 4.69) is 4.90 Å². The number of methoxy groups -OCH3 is 2. The Balaban J connectivity index is 1.52. The maximum absolute atomic E-state index is 13.4. The lowest BCUT2D eigenvalue weighted by atomic mass is 9.94. The number of nitrogens with zero attached hydrogens (tertiary/aromatic N) is 2. The molecule has 3 heterocycles. The van der Waals surface area contributed by atoms with E-state index in [0.29, 0.717) is 55.2 Å². The summed E-state index contributed by atoms with van der Waals surface area (Å²) >= 11 is 0. The van der Waals surface area contributed by atoms with Crippen LogP contribution in [-0.2, 0) is 20.7 Å². The molecule has 0 saturated carbocycles. The van der Waals surface area contributed by atoms with Crippen LogP contribution < -0.4 is 14.2 Å². The van der Waals surface area contributed by atoms with Gasteiger partial charge in [0, 0.05) is 38.2 Å². The molecular weight excluding hydrogens is 488 g/mol. The third-order valence-corrected chi connectivity index (χ3v) is 7.41. The van der Waals surface area contributed by atoms with Gasteiger partial charge in [0.25, 0.3) is 11.7 Å². The molecule has 1 amide bonds. The molecule has 2 aromatic carbocycles. The number of aliphatic hydroxyl groups is 1. The topological polar surface area (TPSA) is 97.8 Å². The Bertz CT molecular complexity index is 1250. The van der Waals surface area contributed by atoms with Crippen molar-refractivity contribution < 1.29 is 33.6 Å². The van der Waals surface area contributed by atoms with Crippen LogP contribution in [0.5, 0.6) is 17.2 Å². The quantitative estimate of drug-likeness (QED) is 0.321. The SMILES string of the molecule is COc1ccc([C@H]2C(=C(O)c3ccc4c(c3)C[C@@H](C)O4)C(=O)C(=O)N2CCCN2CCOCC2)cc1OC. The normalized spacial score (nSPS) is 22.9. The molecule has 3 aliphatic heterocycles. The smallest absolute Gasteiger partial charge is 0.295 e. The summed E-state index contributed by atoms with van der Waals surface area (Å²) in [5.74, 6) is 0.279. The number of amides is 1. The number of rotatable bonds is 8. The molecule has 1 N–H and O–H groups in total. The second-order valence-corrected chi connectivity index (χ2v) is 9.87. The van der Waals surface area contributed by atoms with Crippen LogP contribution in [0.2, 0.25) is 0 Å². The van der Waals surface area contributed by atoms with Crippen molar-refractivity contribution in [2.45, 2.75) is 31.9 Å². The number of likely N-dealkylation sites (tertiary alicyclic amines) is 1. The molecule has 0 radical (unpaired) electrons. The average Bonchev–Trinajstić information content (AvgIpc) is 3.43. The fourth-order valence-electron chi connectivity index (χ4n) is 5.49. The van der Waals surface area contributed by atoms with Crippen LogP contribution in [0.3, 0.4) is 0 Å². The van der Waals surface area contributed by atoms with Gasteiger partial charge in [-0.05, 0) is 54.8 Å². The summed E-state index contributed by atoms with van der Waals surface area (Å²) in [4.78, 5) is 30.6. The van der Waals surface area contributed by atoms with Crippen molar-refractivity contribution in [1.82, 2.24) is 9.80 Å². The lowest BCUT2D eigenvalue weighted by molar-refractivity contribution is -0.140. The second kappa shape index (κ2) is 11.0. The largest absolute Gasteiger partial charge is 0.507 e. The van der Waals surface area contributed by atoms with E-state index in [0.717, 1.165) is 30.9 Å². The lowest BCUT2D eigenvalue weighted by Gasteiger charge is -2.29. The Kier molecular flexibility index (Phi) is 7.58. The van der Waals surface area contributed by atoms with Crippen LogP contribution in [-0.4, -0.2) is 86.3 Å². The van der Waals surface area contributed by atoms with Gasteiger partial charge >= 0.3 is 0 Å². The number of carbonyl (C=O) groups is 2. The van der Waals surface area contributed by atoms with Crippen molar-refractivity contribution in [2.75, 3.05) is 53.6 Å². The zero-order valence-electron chi connectivity index (χ0n) is 22.1. The molecule has 0 aromatic heterocycles. The van der Waals surface area contributed by atoms with Crippen LogP contribution in [0, 0.1) is 0 Å². The summed E-state index contributed by atoms with van der Waals surface area (Å²) in [5, 5.41) is 11.5. The highest BCUT2D eigenvalue weighted by Crippen LogP contribution is 2.42. The minimum absolute atomic E-state index is 0.0474. The minimum Gasteiger partial charge on any atom is -0.507 e. The van der Waals surface area contributed by atoms with Gasteiger partial charge in [0.05, 0.1) is 39.0 Å². The van der Waals surface area contributed by atoms with Gasteiger partial charge < -0.3 is 29.0 Å². The van der Waals surface area contributed by atoms with E-state index < -0.39 is 17.7 Å². The fraction of sp³-hybridized carbons (Fsp3) is 0.448. The molecule has 0 spiro atoms. The third-order valence-electron chi connectivity index (χ3n) is 7.41. The van der Waals surface area contributed by atoms with Crippen molar-refractivity contribution in [3.05, 3.63) is 58.7 Å². The summed E-state index contributed by atoms with van der Waals surface area (Å²) < 4.78 is 22.1. The predicted octanol–water partition coefficient (Wildman–Crippen LogP) is 3.17. The van der Waals surface area contributed by atoms with Gasteiger partial charge in [-0.1, -0.05) is 6.07 Å². The van der Waals surface area contributed by atoms with Crippen LogP contribution in [0.25, 0.3) is 5.76 Å². The molecule has 2 fully saturated rings. The Hall–Kier alpha value is -3.56. The van der Waals surface area contributed by atoms with Gasteiger partial charge in [0.15, 0.2) is 11.5 Å². The number of hydrogen-bond acceptors (Lipinski definition) is 8. The predicted molar refractivity (Wildman–Crippen MR) is 141 cm³/mol. The molecular formula is C29H34N2O7. The number of fused-ring (bicyclic) bond motifs is 1. The first-order chi connectivity index (χ1) is 18.4. The number of Topliss-reactive ketones (excluding diaryl/α,β-unsaturated/α-hetero) is 1. The van der Waals surface area contributed by atoms with Crippen LogP contribution >= 0.6 is 0 Å². The highest BCUT2D eigenvalue weighted by molar-refractivity contribution is 6.46. The molecule has 2 atom stereocenters. The summed E-state index contributed by atoms with van der Waals surface area (Å²) in [6, 6.07) is 9.92. The van der Waals surface area contributed by atoms with Gasteiger partial charge in [0.1, 0.15) is 17.6 Å². The highest BCUT2D eigenvalue weighted by atomic mass is 16.5. The van der Waals surface area contributed by atoms with Gasteiger partial charge in [-0.15, -0.1) is 0 Å². The number of ketones is 1. The number of morpholine rings is 1. The minimum atomic E-state index is -0.761. The number of carbonyl (C=O) groups excluding carboxylic acids is 2. The number of ether oxygens (including phenoxy) is 4. The highest BCUT2D eigenvalue weighted by Gasteiger charge is 2.46. The lowest BCUT2D eigenvalue weighted by Crippen LogP contribution is -2.38. The van der Waals surface area contributed by atoms with Gasteiger partial charge in [-0.25, -0.2) is 0 Å². The summed E-state index contributed by atoms with van der Waals surface area (Å²) in [6.45, 7) is 6.22. The van der Waals surface area contributed by atoms with E-state index in [9.17, 15) is 14.7 Å². The maximum atomic E-state index is 13.4. The first-order valence-corrected chi connectivity index (χ1v) is 13.0. The standard InChI is InChI=1S/C29H34N2O7/c1-18-15-21-16-20(6-7-22(21)38-18)27(32)25-26(19-5-8-23(35-2)24(17-19)36-3)31(29(34)28(25)33)10-4-9-30-11-13-37-14-12-30/h5-8,16-18,26,32H,4,9-15H2,1-3H3/t18-,26+/m1/s1. The van der Waals surface area contributed by atoms with Crippen molar-refractivity contribution in [3.8, 4) is 17.2 Å². The van der Waals surface area contributed by atoms with Crippen LogP contribution in [0.15, 0.2) is 42.0 Å². The molecule has 9 nitrogen and oxygen atoms in total. The number of hydrogen-bond donors (Lipinski definition) is 1. The molecule has 5 rings (SSSR count). The first kappa shape index (κ1) is 26.1. The van der Waals surface area contributed by atoms with Gasteiger partial charge in [-0.2, -0.15) is 0 Å². The van der Waals surface area contributed by atoms with E-state index >= 15 is 0 Å². The molecule has 202 valence electrons. The Morgan fingerprint density at radius 3 is 2.53 bits per heavy atom. The third kappa shape index (κ3) is 4.96. The molecule has 0 bridgehead atoms. The fourth-order valence-corrected chi connectivity index (χ4v) is 5.49. The summed E-state index contributed by atoms with van der Waals surface area (Å²) in [5.41, 5.74) is 2.18. The van der Waals surface area contributed by atoms with Crippen LogP contribution in [0.1, 0.15) is 36.1 Å². The van der Waals surface area contributed by atoms with Crippen molar-refractivity contribution in [3.63, 3.8) is 0 Å². The van der Waals surface area contributed by atoms with E-state index in [1.54, 1.807) is 42.3 Å². The molecule has 9 heteroatoms. The van der Waals surface area contributed by atoms with E-state index in [-0.39, 0.29) is 17.4 Å². The average molecular weight is 523 g/mol. The molecule has 0 unspecified atom stereocenters. The second-order valence-electron chi connectivity index (χ2n) is 9.87. The first-order valence-electron chi connectivity index (χ1n) is 13.0. The van der Waals surface area contributed by atoms with Crippen molar-refractivity contribution in [1.29, 1.82) is 0 Å². The van der Waals surface area contributed by atoms with E-state index in [4.69, 9.17) is 18.9 Å². The number of benzene rings is 2. The Labute approximate surface area is 222 Å². The van der Waals surface area contributed by atoms with Gasteiger partial charge in [0.2, 0.25) is 0 Å². The summed E-state index contributed by atoms with van der Waals surface area (Å²) in [7, 11) is 3.09. The molecule has 3 aliphatic rings. The van der Waals surface area contributed by atoms with Gasteiger partial charge in [-0.3, -0.25) is 14.5 Å². The monoisotopic (exact) mass is 522 g/mol. The van der Waals surface area contributed by atoms with Crippen molar-refractivity contribution in [2.24, 2.45) is 0 Å². The Morgan fingerprint density at radius 1 is 1.03 bits per heavy atom.